The molecule has 0 aromatic rings. The van der Waals surface area contributed by atoms with Crippen LogP contribution >= 0.6 is 0 Å². The molecule has 0 heterocycles. The minimum atomic E-state index is -0.514. The molecule has 0 rings (SSSR count). The lowest BCUT2D eigenvalue weighted by molar-refractivity contribution is 0.0807. The monoisotopic (exact) mass is 189 g/mol. The summed E-state index contributed by atoms with van der Waals surface area (Å²) < 4.78 is 7.86. The van der Waals surface area contributed by atoms with Gasteiger partial charge in [-0.25, -0.2) is 0 Å². The topological polar surface area (TPSA) is 20.2 Å². The lowest BCUT2D eigenvalue weighted by atomic mass is 9.82. The standard InChI is InChI=1S/C11H24O.CH4/c1-10(2,3)7-9(12)8-11(4,5)6;/h9,12H,7-8H2,1-6H3;1H4/i7D;/t7-,9-;/m0./s1. The summed E-state index contributed by atoms with van der Waals surface area (Å²) in [4.78, 5) is 0. The minimum absolute atomic E-state index is 0. The van der Waals surface area contributed by atoms with Gasteiger partial charge in [-0.05, 0) is 23.6 Å². The third kappa shape index (κ3) is 12.0. The van der Waals surface area contributed by atoms with Gasteiger partial charge in [-0.15, -0.1) is 0 Å². The van der Waals surface area contributed by atoms with Gasteiger partial charge in [0, 0.05) is 1.37 Å². The molecule has 2 atom stereocenters. The van der Waals surface area contributed by atoms with E-state index in [-0.39, 0.29) is 18.3 Å². The summed E-state index contributed by atoms with van der Waals surface area (Å²) in [7, 11) is 0. The van der Waals surface area contributed by atoms with E-state index in [4.69, 9.17) is 1.37 Å². The third-order valence-electron chi connectivity index (χ3n) is 1.51. The molecule has 0 unspecified atom stereocenters. The first-order valence-corrected chi connectivity index (χ1v) is 4.64. The number of hydrogen-bond donors (Lipinski definition) is 1. The highest BCUT2D eigenvalue weighted by atomic mass is 16.3. The molecule has 0 saturated heterocycles. The second-order valence-electron chi connectivity index (χ2n) is 5.86. The predicted octanol–water partition coefficient (Wildman–Crippen LogP) is 3.86. The Kier molecular flexibility index (Phi) is 4.98. The molecule has 1 nitrogen and oxygen atoms in total. The van der Waals surface area contributed by atoms with E-state index in [1.54, 1.807) is 0 Å². The number of aliphatic hydroxyl groups excluding tert-OH is 1. The first kappa shape index (κ1) is 13.0. The normalized spacial score (nSPS) is 18.5. The SMILES string of the molecule is C.[2H][C@@H]([C@H](O)CC(C)(C)C)C(C)(C)C. The van der Waals surface area contributed by atoms with E-state index in [1.807, 2.05) is 20.8 Å². The average molecular weight is 189 g/mol. The lowest BCUT2D eigenvalue weighted by Gasteiger charge is -2.27. The lowest BCUT2D eigenvalue weighted by Crippen LogP contribution is -2.22. The van der Waals surface area contributed by atoms with Crippen molar-refractivity contribution in [3.8, 4) is 0 Å². The molecule has 0 radical (unpaired) electrons. The van der Waals surface area contributed by atoms with Crippen LogP contribution in [0.25, 0.3) is 0 Å². The molecule has 0 fully saturated rings. The Bertz CT molecular complexity index is 153. The Hall–Kier alpha value is -0.0400. The minimum Gasteiger partial charge on any atom is -0.393 e. The second kappa shape index (κ2) is 4.99. The Morgan fingerprint density at radius 1 is 1.08 bits per heavy atom. The highest BCUT2D eigenvalue weighted by Gasteiger charge is 2.21. The fraction of sp³-hybridized carbons (Fsp3) is 1.00. The van der Waals surface area contributed by atoms with Gasteiger partial charge in [0.05, 0.1) is 6.10 Å². The maximum absolute atomic E-state index is 9.80. The van der Waals surface area contributed by atoms with E-state index in [9.17, 15) is 5.11 Å². The molecule has 0 aliphatic carbocycles. The first-order chi connectivity index (χ1) is 5.54. The zero-order valence-corrected chi connectivity index (χ0v) is 9.31. The molecule has 82 valence electrons. The Morgan fingerprint density at radius 2 is 1.46 bits per heavy atom. The Labute approximate surface area is 86.0 Å². The van der Waals surface area contributed by atoms with Crippen molar-refractivity contribution in [3.63, 3.8) is 0 Å². The molecule has 1 N–H and O–H groups in total. The van der Waals surface area contributed by atoms with Gasteiger partial charge >= 0.3 is 0 Å². The highest BCUT2D eigenvalue weighted by molar-refractivity contribution is 4.73. The van der Waals surface area contributed by atoms with Crippen LogP contribution in [0, 0.1) is 10.8 Å². The van der Waals surface area contributed by atoms with E-state index in [1.165, 1.54) is 0 Å². The van der Waals surface area contributed by atoms with E-state index < -0.39 is 12.5 Å². The second-order valence-corrected chi connectivity index (χ2v) is 5.86. The maximum Gasteiger partial charge on any atom is 0.0550 e. The van der Waals surface area contributed by atoms with Crippen LogP contribution in [-0.2, 0) is 0 Å². The van der Waals surface area contributed by atoms with Crippen molar-refractivity contribution in [1.82, 2.24) is 0 Å². The van der Waals surface area contributed by atoms with Gasteiger partial charge in [-0.3, -0.25) is 0 Å². The molecular weight excluding hydrogens is 160 g/mol. The maximum atomic E-state index is 9.80. The van der Waals surface area contributed by atoms with E-state index in [0.717, 1.165) is 0 Å². The van der Waals surface area contributed by atoms with Gasteiger partial charge in [0.1, 0.15) is 0 Å². The molecule has 0 aromatic heterocycles. The van der Waals surface area contributed by atoms with E-state index in [2.05, 4.69) is 20.8 Å². The molecule has 0 amide bonds. The largest absolute Gasteiger partial charge is 0.393 e. The van der Waals surface area contributed by atoms with Crippen molar-refractivity contribution >= 4 is 0 Å². The molecule has 0 aromatic carbocycles. The van der Waals surface area contributed by atoms with Crippen molar-refractivity contribution in [2.24, 2.45) is 10.8 Å². The highest BCUT2D eigenvalue weighted by Crippen LogP contribution is 2.28. The van der Waals surface area contributed by atoms with Crippen molar-refractivity contribution in [3.05, 3.63) is 0 Å². The summed E-state index contributed by atoms with van der Waals surface area (Å²) in [6.45, 7) is 12.3. The summed E-state index contributed by atoms with van der Waals surface area (Å²) in [6, 6.07) is 0. The fourth-order valence-electron chi connectivity index (χ4n) is 1.26. The molecule has 1 heteroatoms. The van der Waals surface area contributed by atoms with Crippen LogP contribution in [0.1, 0.15) is 63.2 Å². The number of hydrogen-bond acceptors (Lipinski definition) is 1. The molecule has 0 aliphatic rings. The smallest absolute Gasteiger partial charge is 0.0550 e. The Balaban J connectivity index is 0. The zero-order valence-electron chi connectivity index (χ0n) is 10.3. The van der Waals surface area contributed by atoms with Gasteiger partial charge in [0.2, 0.25) is 0 Å². The van der Waals surface area contributed by atoms with Crippen molar-refractivity contribution in [1.29, 1.82) is 0 Å². The first-order valence-electron chi connectivity index (χ1n) is 5.22. The van der Waals surface area contributed by atoms with Gasteiger partial charge < -0.3 is 5.11 Å². The van der Waals surface area contributed by atoms with Crippen LogP contribution in [0.15, 0.2) is 0 Å². The summed E-state index contributed by atoms with van der Waals surface area (Å²) in [5, 5.41) is 9.80. The molecule has 13 heavy (non-hydrogen) atoms. The third-order valence-corrected chi connectivity index (χ3v) is 1.51. The van der Waals surface area contributed by atoms with Crippen LogP contribution in [0.5, 0.6) is 0 Å². The molecular formula is C12H28O. The van der Waals surface area contributed by atoms with Gasteiger partial charge in [-0.2, -0.15) is 0 Å². The fourth-order valence-corrected chi connectivity index (χ4v) is 1.26. The van der Waals surface area contributed by atoms with Crippen LogP contribution in [-0.4, -0.2) is 11.2 Å². The van der Waals surface area contributed by atoms with Gasteiger partial charge in [-0.1, -0.05) is 49.0 Å². The van der Waals surface area contributed by atoms with E-state index >= 15 is 0 Å². The average Bonchev–Trinajstić information content (AvgIpc) is 1.79. The number of aliphatic hydroxyl groups is 1. The van der Waals surface area contributed by atoms with Crippen LogP contribution in [0.4, 0.5) is 0 Å². The van der Waals surface area contributed by atoms with Crippen molar-refractivity contribution in [2.45, 2.75) is 67.9 Å². The molecule has 0 saturated carbocycles. The molecule has 0 bridgehead atoms. The predicted molar refractivity (Wildman–Crippen MR) is 60.9 cm³/mol. The van der Waals surface area contributed by atoms with Crippen LogP contribution < -0.4 is 0 Å². The summed E-state index contributed by atoms with van der Waals surface area (Å²) in [5.41, 5.74) is -0.0331. The number of rotatable bonds is 2. The molecule has 0 spiro atoms. The molecule has 0 aliphatic heterocycles. The van der Waals surface area contributed by atoms with Crippen LogP contribution in [0.2, 0.25) is 0 Å². The zero-order chi connectivity index (χ0) is 10.9. The quantitative estimate of drug-likeness (QED) is 0.699. The summed E-state index contributed by atoms with van der Waals surface area (Å²) >= 11 is 0. The van der Waals surface area contributed by atoms with Gasteiger partial charge in [0.25, 0.3) is 0 Å². The summed E-state index contributed by atoms with van der Waals surface area (Å²) in [6.07, 6.45) is -0.218. The van der Waals surface area contributed by atoms with E-state index in [0.29, 0.717) is 6.42 Å². The Morgan fingerprint density at radius 3 is 1.69 bits per heavy atom. The van der Waals surface area contributed by atoms with Gasteiger partial charge in [0.15, 0.2) is 0 Å². The van der Waals surface area contributed by atoms with Crippen LogP contribution in [0.3, 0.4) is 0 Å². The summed E-state index contributed by atoms with van der Waals surface area (Å²) in [5.74, 6) is 0. The van der Waals surface area contributed by atoms with Crippen molar-refractivity contribution < 1.29 is 6.48 Å². The van der Waals surface area contributed by atoms with Crippen molar-refractivity contribution in [2.75, 3.05) is 0 Å².